The van der Waals surface area contributed by atoms with Gasteiger partial charge in [0.25, 0.3) is 0 Å². The van der Waals surface area contributed by atoms with Gasteiger partial charge in [-0.15, -0.1) is 0 Å². The van der Waals surface area contributed by atoms with Crippen LogP contribution in [0.25, 0.3) is 0 Å². The largest absolute Gasteiger partial charge is 0.480 e. The van der Waals surface area contributed by atoms with Gasteiger partial charge in [0.1, 0.15) is 6.04 Å². The van der Waals surface area contributed by atoms with Crippen molar-refractivity contribution in [2.75, 3.05) is 0 Å². The lowest BCUT2D eigenvalue weighted by molar-refractivity contribution is -0.139. The first-order valence-corrected chi connectivity index (χ1v) is 8.32. The molecule has 110 valence electrons. The Hall–Kier alpha value is -1.11. The summed E-state index contributed by atoms with van der Waals surface area (Å²) in [5.41, 5.74) is 0.253. The molecule has 1 aliphatic carbocycles. The van der Waals surface area contributed by atoms with Crippen molar-refractivity contribution in [2.24, 2.45) is 0 Å². The molecule has 20 heavy (non-hydrogen) atoms. The van der Waals surface area contributed by atoms with E-state index >= 15 is 0 Å². The summed E-state index contributed by atoms with van der Waals surface area (Å²) in [4.78, 5) is 11.4. The number of benzene rings is 1. The first-order chi connectivity index (χ1) is 9.42. The van der Waals surface area contributed by atoms with Crippen molar-refractivity contribution in [3.8, 4) is 0 Å². The molecule has 1 aromatic carbocycles. The lowest BCUT2D eigenvalue weighted by Gasteiger charge is -2.19. The predicted octanol–water partition coefficient (Wildman–Crippen LogP) is 2.33. The van der Waals surface area contributed by atoms with Gasteiger partial charge in [0.05, 0.1) is 5.25 Å². The topological polar surface area (TPSA) is 83.5 Å². The molecule has 1 aromatic rings. The number of carboxylic acid groups (broad SMARTS) is 1. The van der Waals surface area contributed by atoms with E-state index in [1.807, 2.05) is 0 Å². The van der Waals surface area contributed by atoms with E-state index in [-0.39, 0.29) is 10.6 Å². The molecule has 1 fully saturated rings. The first kappa shape index (κ1) is 15.3. The smallest absolute Gasteiger partial charge is 0.326 e. The molecule has 2 N–H and O–H groups in total. The van der Waals surface area contributed by atoms with Crippen molar-refractivity contribution < 1.29 is 18.3 Å². The standard InChI is InChI=1S/C13H16ClNO4S/c14-11-8-4-3-7-10(11)12(13(16)17)15-20(18,19)9-5-1-2-6-9/h3-4,7-9,12,15H,1-2,5-6H2,(H,16,17)/t12-/m1/s1. The average molecular weight is 318 g/mol. The van der Waals surface area contributed by atoms with Gasteiger partial charge < -0.3 is 5.11 Å². The number of aliphatic carboxylic acids is 1. The molecule has 0 spiro atoms. The van der Waals surface area contributed by atoms with Crippen molar-refractivity contribution in [1.82, 2.24) is 4.72 Å². The molecule has 1 atom stereocenters. The quantitative estimate of drug-likeness (QED) is 0.873. The molecule has 0 aromatic heterocycles. The zero-order chi connectivity index (χ0) is 14.8. The lowest BCUT2D eigenvalue weighted by atomic mass is 10.1. The number of sulfonamides is 1. The monoisotopic (exact) mass is 317 g/mol. The summed E-state index contributed by atoms with van der Waals surface area (Å²) in [6, 6.07) is 4.99. The van der Waals surface area contributed by atoms with E-state index in [1.54, 1.807) is 12.1 Å². The summed E-state index contributed by atoms with van der Waals surface area (Å²) in [7, 11) is -3.66. The normalized spacial score (nSPS) is 18.1. The highest BCUT2D eigenvalue weighted by molar-refractivity contribution is 7.90. The van der Waals surface area contributed by atoms with Crippen molar-refractivity contribution in [3.63, 3.8) is 0 Å². The molecule has 0 heterocycles. The Morgan fingerprint density at radius 1 is 1.30 bits per heavy atom. The highest BCUT2D eigenvalue weighted by Crippen LogP contribution is 2.28. The molecule has 0 saturated heterocycles. The zero-order valence-electron chi connectivity index (χ0n) is 10.8. The van der Waals surface area contributed by atoms with Crippen molar-refractivity contribution in [2.45, 2.75) is 37.0 Å². The van der Waals surface area contributed by atoms with Crippen molar-refractivity contribution in [1.29, 1.82) is 0 Å². The molecule has 0 unspecified atom stereocenters. The lowest BCUT2D eigenvalue weighted by Crippen LogP contribution is -2.39. The maximum atomic E-state index is 12.2. The second kappa shape index (κ2) is 6.11. The summed E-state index contributed by atoms with van der Waals surface area (Å²) in [6.45, 7) is 0. The molecular weight excluding hydrogens is 302 g/mol. The number of rotatable bonds is 5. The van der Waals surface area contributed by atoms with Crippen molar-refractivity contribution >= 4 is 27.6 Å². The summed E-state index contributed by atoms with van der Waals surface area (Å²) in [5.74, 6) is -1.26. The van der Waals surface area contributed by atoms with Crippen LogP contribution in [0.3, 0.4) is 0 Å². The van der Waals surface area contributed by atoms with Gasteiger partial charge in [-0.2, -0.15) is 4.72 Å². The number of halogens is 1. The molecule has 2 rings (SSSR count). The summed E-state index contributed by atoms with van der Waals surface area (Å²) in [5, 5.41) is 8.99. The van der Waals surface area contributed by atoms with E-state index in [0.29, 0.717) is 12.8 Å². The highest BCUT2D eigenvalue weighted by atomic mass is 35.5. The van der Waals surface area contributed by atoms with Crippen LogP contribution >= 0.6 is 11.6 Å². The molecule has 0 radical (unpaired) electrons. The van der Waals surface area contributed by atoms with Gasteiger partial charge in [-0.25, -0.2) is 8.42 Å². The van der Waals surface area contributed by atoms with Gasteiger partial charge in [-0.1, -0.05) is 42.6 Å². The Morgan fingerprint density at radius 2 is 1.90 bits per heavy atom. The maximum absolute atomic E-state index is 12.2. The molecule has 1 saturated carbocycles. The van der Waals surface area contributed by atoms with Crippen LogP contribution in [0.1, 0.15) is 37.3 Å². The predicted molar refractivity (Wildman–Crippen MR) is 76.1 cm³/mol. The third kappa shape index (κ3) is 3.31. The van der Waals surface area contributed by atoms with E-state index in [0.717, 1.165) is 12.8 Å². The van der Waals surface area contributed by atoms with E-state index < -0.39 is 27.3 Å². The first-order valence-electron chi connectivity index (χ1n) is 6.40. The van der Waals surface area contributed by atoms with E-state index in [2.05, 4.69) is 4.72 Å². The molecule has 0 amide bonds. The summed E-state index contributed by atoms with van der Waals surface area (Å²) >= 11 is 5.95. The SMILES string of the molecule is O=C(O)[C@H](NS(=O)(=O)C1CCCC1)c1ccccc1Cl. The van der Waals surface area contributed by atoms with Gasteiger partial charge >= 0.3 is 5.97 Å². The second-order valence-electron chi connectivity index (χ2n) is 4.86. The number of nitrogens with one attached hydrogen (secondary N) is 1. The number of hydrogen-bond donors (Lipinski definition) is 2. The Kier molecular flexibility index (Phi) is 4.67. The van der Waals surface area contributed by atoms with Crippen LogP contribution in [0.15, 0.2) is 24.3 Å². The molecule has 0 bridgehead atoms. The number of carboxylic acids is 1. The third-order valence-electron chi connectivity index (χ3n) is 3.49. The third-order valence-corrected chi connectivity index (χ3v) is 5.74. The van der Waals surface area contributed by atoms with E-state index in [4.69, 9.17) is 11.6 Å². The van der Waals surface area contributed by atoms with Crippen LogP contribution in [-0.4, -0.2) is 24.7 Å². The van der Waals surface area contributed by atoms with Crippen LogP contribution in [0.2, 0.25) is 5.02 Å². The van der Waals surface area contributed by atoms with Gasteiger partial charge in [0, 0.05) is 5.02 Å². The molecule has 7 heteroatoms. The molecule has 0 aliphatic heterocycles. The minimum Gasteiger partial charge on any atom is -0.480 e. The van der Waals surface area contributed by atoms with Crippen LogP contribution in [0.5, 0.6) is 0 Å². The van der Waals surface area contributed by atoms with Crippen LogP contribution in [-0.2, 0) is 14.8 Å². The van der Waals surface area contributed by atoms with Crippen LogP contribution in [0, 0.1) is 0 Å². The van der Waals surface area contributed by atoms with E-state index in [9.17, 15) is 18.3 Å². The Balaban J connectivity index is 2.27. The summed E-state index contributed by atoms with van der Waals surface area (Å²) in [6.07, 6.45) is 2.86. The fraction of sp³-hybridized carbons (Fsp3) is 0.462. The fourth-order valence-corrected chi connectivity index (χ4v) is 4.36. The highest BCUT2D eigenvalue weighted by Gasteiger charge is 2.34. The molecule has 5 nitrogen and oxygen atoms in total. The Bertz CT molecular complexity index is 596. The zero-order valence-corrected chi connectivity index (χ0v) is 12.3. The van der Waals surface area contributed by atoms with Crippen LogP contribution in [0.4, 0.5) is 0 Å². The molecular formula is C13H16ClNO4S. The Labute approximate surface area is 123 Å². The minimum absolute atomic E-state index is 0.231. The minimum atomic E-state index is -3.66. The number of hydrogen-bond acceptors (Lipinski definition) is 3. The second-order valence-corrected chi connectivity index (χ2v) is 7.26. The van der Waals surface area contributed by atoms with E-state index in [1.165, 1.54) is 12.1 Å². The van der Waals surface area contributed by atoms with Crippen molar-refractivity contribution in [3.05, 3.63) is 34.9 Å². The van der Waals surface area contributed by atoms with Gasteiger partial charge in [-0.3, -0.25) is 4.79 Å². The Morgan fingerprint density at radius 3 is 2.45 bits per heavy atom. The van der Waals surface area contributed by atoms with Gasteiger partial charge in [0.2, 0.25) is 10.0 Å². The number of carbonyl (C=O) groups is 1. The van der Waals surface area contributed by atoms with Gasteiger partial charge in [-0.05, 0) is 24.5 Å². The van der Waals surface area contributed by atoms with Crippen LogP contribution < -0.4 is 4.72 Å². The molecule has 1 aliphatic rings. The maximum Gasteiger partial charge on any atom is 0.326 e. The average Bonchev–Trinajstić information content (AvgIpc) is 2.91. The fourth-order valence-electron chi connectivity index (χ4n) is 2.42. The van der Waals surface area contributed by atoms with Gasteiger partial charge in [0.15, 0.2) is 0 Å². The summed E-state index contributed by atoms with van der Waals surface area (Å²) < 4.78 is 26.7.